The number of halogens is 2. The smallest absolute Gasteiger partial charge is 0.230 e. The van der Waals surface area contributed by atoms with Crippen molar-refractivity contribution in [1.29, 1.82) is 0 Å². The van der Waals surface area contributed by atoms with Gasteiger partial charge in [0.2, 0.25) is 5.91 Å². The molecule has 1 heterocycles. The van der Waals surface area contributed by atoms with E-state index in [0.29, 0.717) is 5.41 Å². The van der Waals surface area contributed by atoms with Gasteiger partial charge >= 0.3 is 0 Å². The van der Waals surface area contributed by atoms with E-state index >= 15 is 0 Å². The third-order valence-corrected chi connectivity index (χ3v) is 7.14. The molecule has 0 aromatic rings. The van der Waals surface area contributed by atoms with Gasteiger partial charge in [0.25, 0.3) is 0 Å². The molecule has 1 amide bonds. The Balaban J connectivity index is 1.41. The van der Waals surface area contributed by atoms with Gasteiger partial charge in [-0.3, -0.25) is 9.79 Å². The SMILES string of the molecule is O=C(NCC12CC3CC(CC(C3)C1)C2)C1C=CN=CC1(Cl)Br. The van der Waals surface area contributed by atoms with Gasteiger partial charge in [-0.1, -0.05) is 33.6 Å². The maximum atomic E-state index is 12.6. The summed E-state index contributed by atoms with van der Waals surface area (Å²) in [6, 6.07) is 0. The highest BCUT2D eigenvalue weighted by atomic mass is 79.9. The molecular formula is C17H22BrClN2O. The zero-order valence-electron chi connectivity index (χ0n) is 12.6. The Kier molecular flexibility index (Phi) is 3.69. The first kappa shape index (κ1) is 15.2. The van der Waals surface area contributed by atoms with E-state index in [4.69, 9.17) is 11.6 Å². The van der Waals surface area contributed by atoms with E-state index in [9.17, 15) is 4.79 Å². The number of nitrogens with zero attached hydrogens (tertiary/aromatic N) is 1. The highest BCUT2D eigenvalue weighted by Crippen LogP contribution is 2.59. The van der Waals surface area contributed by atoms with E-state index in [2.05, 4.69) is 26.2 Å². The Labute approximate surface area is 145 Å². The highest BCUT2D eigenvalue weighted by molar-refractivity contribution is 9.10. The molecule has 22 heavy (non-hydrogen) atoms. The zero-order chi connectivity index (χ0) is 15.4. The van der Waals surface area contributed by atoms with Crippen LogP contribution in [0, 0.1) is 29.1 Å². The van der Waals surface area contributed by atoms with Crippen LogP contribution < -0.4 is 5.32 Å². The van der Waals surface area contributed by atoms with Gasteiger partial charge in [0, 0.05) is 19.0 Å². The van der Waals surface area contributed by atoms with E-state index < -0.39 is 9.70 Å². The minimum absolute atomic E-state index is 0.00465. The van der Waals surface area contributed by atoms with Crippen molar-refractivity contribution in [1.82, 2.24) is 5.32 Å². The number of amides is 1. The van der Waals surface area contributed by atoms with Crippen molar-refractivity contribution in [2.24, 2.45) is 34.1 Å². The normalized spacial score (nSPS) is 48.6. The molecule has 0 saturated heterocycles. The summed E-state index contributed by atoms with van der Waals surface area (Å²) in [4.78, 5) is 16.6. The molecule has 3 nitrogen and oxygen atoms in total. The molecule has 120 valence electrons. The summed E-state index contributed by atoms with van der Waals surface area (Å²) in [7, 11) is 0. The monoisotopic (exact) mass is 384 g/mol. The first-order valence-corrected chi connectivity index (χ1v) is 9.49. The lowest BCUT2D eigenvalue weighted by Gasteiger charge is -2.57. The van der Waals surface area contributed by atoms with E-state index in [1.807, 2.05) is 0 Å². The molecule has 5 heteroatoms. The number of hydrogen-bond acceptors (Lipinski definition) is 2. The predicted octanol–water partition coefficient (Wildman–Crippen LogP) is 3.86. The molecule has 0 aromatic carbocycles. The number of nitrogens with one attached hydrogen (secondary N) is 1. The van der Waals surface area contributed by atoms with Crippen molar-refractivity contribution in [2.45, 2.75) is 42.3 Å². The summed E-state index contributed by atoms with van der Waals surface area (Å²) in [5.74, 6) is 2.33. The van der Waals surface area contributed by atoms with Gasteiger partial charge in [0.15, 0.2) is 0 Å². The third-order valence-electron chi connectivity index (χ3n) is 6.11. The molecule has 0 radical (unpaired) electrons. The molecule has 4 aliphatic carbocycles. The van der Waals surface area contributed by atoms with Crippen LogP contribution in [0.2, 0.25) is 0 Å². The quantitative estimate of drug-likeness (QED) is 0.736. The number of carbonyl (C=O) groups is 1. The third kappa shape index (κ3) is 2.66. The average molecular weight is 386 g/mol. The standard InChI is InChI=1S/C17H22BrClN2O/c18-17(19)10-20-2-1-14(17)15(22)21-9-16-6-11-3-12(7-16)5-13(4-11)8-16/h1-2,10-14H,3-9H2,(H,21,22). The largest absolute Gasteiger partial charge is 0.355 e. The van der Waals surface area contributed by atoms with E-state index in [-0.39, 0.29) is 5.91 Å². The molecule has 4 fully saturated rings. The maximum Gasteiger partial charge on any atom is 0.230 e. The van der Waals surface area contributed by atoms with Gasteiger partial charge in [0.1, 0.15) is 3.78 Å². The fraction of sp³-hybridized carbons (Fsp3) is 0.765. The molecule has 5 aliphatic rings. The first-order chi connectivity index (χ1) is 10.5. The number of hydrogen-bond donors (Lipinski definition) is 1. The second-order valence-corrected chi connectivity index (χ2v) is 10.3. The lowest BCUT2D eigenvalue weighted by molar-refractivity contribution is -0.125. The second kappa shape index (κ2) is 5.34. The summed E-state index contributed by atoms with van der Waals surface area (Å²) >= 11 is 9.74. The fourth-order valence-corrected chi connectivity index (χ4v) is 6.35. The number of rotatable bonds is 3. The van der Waals surface area contributed by atoms with Crippen molar-refractivity contribution in [3.8, 4) is 0 Å². The van der Waals surface area contributed by atoms with Crippen LogP contribution in [0.1, 0.15) is 38.5 Å². The Morgan fingerprint density at radius 1 is 1.23 bits per heavy atom. The van der Waals surface area contributed by atoms with E-state index in [0.717, 1.165) is 24.3 Å². The van der Waals surface area contributed by atoms with E-state index in [1.165, 1.54) is 38.5 Å². The Morgan fingerprint density at radius 2 is 1.82 bits per heavy atom. The number of carbonyl (C=O) groups excluding carboxylic acids is 1. The summed E-state index contributed by atoms with van der Waals surface area (Å²) in [5, 5.41) is 3.20. The van der Waals surface area contributed by atoms with Gasteiger partial charge < -0.3 is 5.32 Å². The van der Waals surface area contributed by atoms with Crippen molar-refractivity contribution < 1.29 is 4.79 Å². The lowest BCUT2D eigenvalue weighted by Crippen LogP contribution is -2.52. The van der Waals surface area contributed by atoms with Crippen molar-refractivity contribution in [3.63, 3.8) is 0 Å². The van der Waals surface area contributed by atoms with Gasteiger partial charge in [-0.15, -0.1) is 0 Å². The van der Waals surface area contributed by atoms with Crippen LogP contribution in [0.15, 0.2) is 17.3 Å². The second-order valence-electron chi connectivity index (χ2n) is 7.91. The summed E-state index contributed by atoms with van der Waals surface area (Å²) in [6.07, 6.45) is 13.2. The molecule has 1 N–H and O–H groups in total. The molecule has 2 atom stereocenters. The van der Waals surface area contributed by atoms with E-state index in [1.54, 1.807) is 18.5 Å². The van der Waals surface area contributed by atoms with Crippen LogP contribution >= 0.6 is 27.5 Å². The van der Waals surface area contributed by atoms with Gasteiger partial charge in [-0.25, -0.2) is 0 Å². The summed E-state index contributed by atoms with van der Waals surface area (Å²) in [5.41, 5.74) is 0.359. The lowest BCUT2D eigenvalue weighted by atomic mass is 9.49. The predicted molar refractivity (Wildman–Crippen MR) is 92.2 cm³/mol. The zero-order valence-corrected chi connectivity index (χ0v) is 14.9. The average Bonchev–Trinajstić information content (AvgIpc) is 2.43. The Hall–Kier alpha value is -0.350. The van der Waals surface area contributed by atoms with Crippen molar-refractivity contribution in [3.05, 3.63) is 12.3 Å². The molecule has 5 rings (SSSR count). The molecule has 1 aliphatic heterocycles. The molecule has 0 spiro atoms. The van der Waals surface area contributed by atoms with Crippen LogP contribution in [0.25, 0.3) is 0 Å². The van der Waals surface area contributed by atoms with Crippen LogP contribution in [0.4, 0.5) is 0 Å². The molecule has 0 aromatic heterocycles. The molecule has 4 saturated carbocycles. The summed E-state index contributed by atoms with van der Waals surface area (Å²) in [6.45, 7) is 0.816. The van der Waals surface area contributed by atoms with Crippen LogP contribution in [0.5, 0.6) is 0 Å². The molecular weight excluding hydrogens is 364 g/mol. The minimum atomic E-state index is -0.896. The van der Waals surface area contributed by atoms with Gasteiger partial charge in [-0.05, 0) is 61.7 Å². The Morgan fingerprint density at radius 3 is 2.36 bits per heavy atom. The van der Waals surface area contributed by atoms with Crippen LogP contribution in [-0.4, -0.2) is 22.4 Å². The molecule has 2 unspecified atom stereocenters. The molecule has 4 bridgehead atoms. The van der Waals surface area contributed by atoms with Crippen molar-refractivity contribution >= 4 is 39.7 Å². The minimum Gasteiger partial charge on any atom is -0.355 e. The first-order valence-electron chi connectivity index (χ1n) is 8.32. The highest BCUT2D eigenvalue weighted by Gasteiger charge is 2.51. The Bertz CT molecular complexity index is 507. The summed E-state index contributed by atoms with van der Waals surface area (Å²) < 4.78 is -0.896. The fourth-order valence-electron chi connectivity index (χ4n) is 5.64. The van der Waals surface area contributed by atoms with Crippen LogP contribution in [0.3, 0.4) is 0 Å². The van der Waals surface area contributed by atoms with Crippen molar-refractivity contribution in [2.75, 3.05) is 6.54 Å². The topological polar surface area (TPSA) is 41.5 Å². The van der Waals surface area contributed by atoms with Gasteiger partial charge in [-0.2, -0.15) is 0 Å². The number of aliphatic imine (C=N–C) groups is 1. The number of alkyl halides is 2. The maximum absolute atomic E-state index is 12.6. The van der Waals surface area contributed by atoms with Crippen LogP contribution in [-0.2, 0) is 4.79 Å². The van der Waals surface area contributed by atoms with Gasteiger partial charge in [0.05, 0.1) is 5.92 Å².